The molecule has 170 valence electrons. The second-order valence-corrected chi connectivity index (χ2v) is 8.66. The molecule has 0 radical (unpaired) electrons. The van der Waals surface area contributed by atoms with Crippen LogP contribution in [0.3, 0.4) is 0 Å². The van der Waals surface area contributed by atoms with Gasteiger partial charge in [-0.05, 0) is 30.7 Å². The molecule has 0 saturated heterocycles. The van der Waals surface area contributed by atoms with E-state index in [1.165, 1.54) is 17.8 Å². The van der Waals surface area contributed by atoms with E-state index in [9.17, 15) is 9.18 Å². The largest absolute Gasteiger partial charge is 0.328 e. The Morgan fingerprint density at radius 2 is 1.91 bits per heavy atom. The number of carbonyl (C=O) groups is 1. The van der Waals surface area contributed by atoms with E-state index in [1.54, 1.807) is 54.3 Å². The quantitative estimate of drug-likeness (QED) is 0.383. The molecule has 3 heterocycles. The fourth-order valence-electron chi connectivity index (χ4n) is 3.83. The number of anilines is 2. The molecule has 1 aliphatic rings. The molecule has 0 bridgehead atoms. The Balaban J connectivity index is 1.51. The Bertz CT molecular complexity index is 1360. The van der Waals surface area contributed by atoms with Crippen molar-refractivity contribution in [2.45, 2.75) is 23.9 Å². The van der Waals surface area contributed by atoms with Crippen molar-refractivity contribution in [1.82, 2.24) is 19.7 Å². The van der Waals surface area contributed by atoms with E-state index < -0.39 is 11.9 Å². The maximum atomic E-state index is 15.0. The maximum Gasteiger partial charge on any atom is 0.255 e. The predicted octanol–water partition coefficient (Wildman–Crippen LogP) is 5.03. The molecule has 34 heavy (non-hydrogen) atoms. The highest BCUT2D eigenvalue weighted by Crippen LogP contribution is 2.37. The van der Waals surface area contributed by atoms with Crippen LogP contribution in [0.4, 0.5) is 16.0 Å². The van der Waals surface area contributed by atoms with Crippen LogP contribution in [-0.2, 0) is 10.5 Å². The molecule has 4 aromatic rings. The zero-order valence-corrected chi connectivity index (χ0v) is 19.1. The number of amides is 1. The first-order valence-electron chi connectivity index (χ1n) is 10.7. The summed E-state index contributed by atoms with van der Waals surface area (Å²) in [5.41, 5.74) is 2.96. The molecule has 1 aliphatic heterocycles. The number of benzene rings is 2. The van der Waals surface area contributed by atoms with Crippen molar-refractivity contribution in [2.75, 3.05) is 10.6 Å². The molecule has 2 aromatic carbocycles. The summed E-state index contributed by atoms with van der Waals surface area (Å²) in [5.74, 6) is 0.356. The number of thioether (sulfide) groups is 1. The number of fused-ring (bicyclic) bond motifs is 1. The van der Waals surface area contributed by atoms with Gasteiger partial charge in [-0.15, -0.1) is 5.10 Å². The molecule has 2 aromatic heterocycles. The average Bonchev–Trinajstić information content (AvgIpc) is 3.26. The molecule has 0 spiro atoms. The van der Waals surface area contributed by atoms with Crippen LogP contribution in [0.1, 0.15) is 24.1 Å². The van der Waals surface area contributed by atoms with E-state index in [4.69, 9.17) is 0 Å². The van der Waals surface area contributed by atoms with Gasteiger partial charge in [0.25, 0.3) is 5.91 Å². The van der Waals surface area contributed by atoms with Gasteiger partial charge in [-0.25, -0.2) is 9.07 Å². The van der Waals surface area contributed by atoms with Crippen molar-refractivity contribution in [3.05, 3.63) is 107 Å². The Labute approximate surface area is 200 Å². The zero-order chi connectivity index (χ0) is 23.5. The fraction of sp³-hybridized carbons (Fsp3) is 0.120. The Morgan fingerprint density at radius 3 is 2.68 bits per heavy atom. The summed E-state index contributed by atoms with van der Waals surface area (Å²) in [6, 6.07) is 19.1. The van der Waals surface area contributed by atoms with E-state index in [1.807, 2.05) is 30.3 Å². The molecule has 1 atom stereocenters. The Hall–Kier alpha value is -3.98. The monoisotopic (exact) mass is 472 g/mol. The van der Waals surface area contributed by atoms with Crippen LogP contribution in [0.25, 0.3) is 0 Å². The van der Waals surface area contributed by atoms with Gasteiger partial charge in [0.15, 0.2) is 0 Å². The first-order chi connectivity index (χ1) is 16.6. The number of hydrogen-bond acceptors (Lipinski definition) is 6. The van der Waals surface area contributed by atoms with Crippen LogP contribution in [0.2, 0.25) is 0 Å². The van der Waals surface area contributed by atoms with Gasteiger partial charge < -0.3 is 10.6 Å². The summed E-state index contributed by atoms with van der Waals surface area (Å²) in [6.07, 6.45) is 3.18. The van der Waals surface area contributed by atoms with Crippen LogP contribution in [0, 0.1) is 5.82 Å². The number of hydrogen-bond donors (Lipinski definition) is 2. The number of pyridine rings is 1. The topological polar surface area (TPSA) is 84.7 Å². The molecular weight excluding hydrogens is 451 g/mol. The van der Waals surface area contributed by atoms with Gasteiger partial charge in [-0.3, -0.25) is 9.78 Å². The van der Waals surface area contributed by atoms with Gasteiger partial charge in [-0.1, -0.05) is 60.3 Å². The van der Waals surface area contributed by atoms with Crippen LogP contribution < -0.4 is 10.6 Å². The third-order valence-electron chi connectivity index (χ3n) is 5.41. The summed E-state index contributed by atoms with van der Waals surface area (Å²) in [4.78, 5) is 22.0. The number of nitrogens with zero attached hydrogens (tertiary/aromatic N) is 4. The van der Waals surface area contributed by atoms with E-state index in [0.717, 1.165) is 5.56 Å². The second-order valence-electron chi connectivity index (χ2n) is 7.72. The summed E-state index contributed by atoms with van der Waals surface area (Å²) in [5, 5.41) is 11.2. The highest BCUT2D eigenvalue weighted by Gasteiger charge is 2.35. The van der Waals surface area contributed by atoms with E-state index >= 15 is 0 Å². The lowest BCUT2D eigenvalue weighted by atomic mass is 9.94. The smallest absolute Gasteiger partial charge is 0.255 e. The molecule has 0 fully saturated rings. The van der Waals surface area contributed by atoms with E-state index in [-0.39, 0.29) is 5.91 Å². The van der Waals surface area contributed by atoms with Gasteiger partial charge >= 0.3 is 0 Å². The number of aromatic nitrogens is 4. The third kappa shape index (κ3) is 4.42. The lowest BCUT2D eigenvalue weighted by Crippen LogP contribution is -2.32. The molecule has 2 N–H and O–H groups in total. The van der Waals surface area contributed by atoms with Gasteiger partial charge in [0.2, 0.25) is 11.1 Å². The first-order valence-corrected chi connectivity index (χ1v) is 11.7. The minimum atomic E-state index is -0.785. The first kappa shape index (κ1) is 21.8. The average molecular weight is 473 g/mol. The molecule has 7 nitrogen and oxygen atoms in total. The van der Waals surface area contributed by atoms with Crippen LogP contribution in [0.15, 0.2) is 95.6 Å². The summed E-state index contributed by atoms with van der Waals surface area (Å²) in [6.45, 7) is 1.78. The van der Waals surface area contributed by atoms with Gasteiger partial charge in [0, 0.05) is 23.2 Å². The highest BCUT2D eigenvalue weighted by molar-refractivity contribution is 7.98. The zero-order valence-electron chi connectivity index (χ0n) is 18.3. The minimum absolute atomic E-state index is 0.338. The summed E-state index contributed by atoms with van der Waals surface area (Å²) in [7, 11) is 0. The van der Waals surface area contributed by atoms with Gasteiger partial charge in [0.05, 0.1) is 17.5 Å². The molecule has 0 aliphatic carbocycles. The van der Waals surface area contributed by atoms with Gasteiger partial charge in [0.1, 0.15) is 11.9 Å². The van der Waals surface area contributed by atoms with Crippen molar-refractivity contribution in [3.63, 3.8) is 0 Å². The van der Waals surface area contributed by atoms with Crippen molar-refractivity contribution in [3.8, 4) is 0 Å². The van der Waals surface area contributed by atoms with Gasteiger partial charge in [-0.2, -0.15) is 4.98 Å². The number of nitrogens with one attached hydrogen (secondary N) is 2. The SMILES string of the molecule is CC1=C(C(=O)Nc2cccnc2)C(c2ccccc2F)n2nc(SCc3ccccc3)nc2N1. The minimum Gasteiger partial charge on any atom is -0.328 e. The van der Waals surface area contributed by atoms with E-state index in [2.05, 4.69) is 25.7 Å². The highest BCUT2D eigenvalue weighted by atomic mass is 32.2. The fourth-order valence-corrected chi connectivity index (χ4v) is 4.61. The summed E-state index contributed by atoms with van der Waals surface area (Å²) >= 11 is 1.48. The lowest BCUT2D eigenvalue weighted by Gasteiger charge is -2.28. The van der Waals surface area contributed by atoms with Crippen LogP contribution in [-0.4, -0.2) is 25.7 Å². The molecule has 1 amide bonds. The number of halogens is 1. The predicted molar refractivity (Wildman–Crippen MR) is 130 cm³/mol. The standard InChI is InChI=1S/C25H21FN6OS/c1-16-21(23(33)29-18-10-7-13-27-14-18)22(19-11-5-6-12-20(19)26)32-24(28-16)30-25(31-32)34-15-17-8-3-2-4-9-17/h2-14,22H,15H2,1H3,(H,29,33)(H,28,30,31). The van der Waals surface area contributed by atoms with Crippen molar-refractivity contribution < 1.29 is 9.18 Å². The molecular formula is C25H21FN6OS. The Kier molecular flexibility index (Phi) is 6.09. The lowest BCUT2D eigenvalue weighted by molar-refractivity contribution is -0.113. The van der Waals surface area contributed by atoms with Crippen LogP contribution in [0.5, 0.6) is 0 Å². The van der Waals surface area contributed by atoms with Crippen LogP contribution >= 0.6 is 11.8 Å². The molecule has 9 heteroatoms. The molecule has 0 saturated carbocycles. The third-order valence-corrected chi connectivity index (χ3v) is 6.32. The Morgan fingerprint density at radius 1 is 1.12 bits per heavy atom. The molecule has 1 unspecified atom stereocenters. The van der Waals surface area contributed by atoms with Crippen molar-refractivity contribution in [1.29, 1.82) is 0 Å². The maximum absolute atomic E-state index is 15.0. The van der Waals surface area contributed by atoms with Crippen molar-refractivity contribution >= 4 is 29.3 Å². The van der Waals surface area contributed by atoms with E-state index in [0.29, 0.717) is 39.4 Å². The normalized spacial score (nSPS) is 14.9. The summed E-state index contributed by atoms with van der Waals surface area (Å²) < 4.78 is 16.6. The molecule has 5 rings (SSSR count). The van der Waals surface area contributed by atoms with Crippen molar-refractivity contribution in [2.24, 2.45) is 0 Å². The number of allylic oxidation sites excluding steroid dienone is 1. The second kappa shape index (κ2) is 9.48. The number of rotatable bonds is 6. The number of carbonyl (C=O) groups excluding carboxylic acids is 1.